The summed E-state index contributed by atoms with van der Waals surface area (Å²) in [7, 11) is 2.60. The van der Waals surface area contributed by atoms with Crippen molar-refractivity contribution in [1.29, 1.82) is 0 Å². The molecule has 0 bridgehead atoms. The van der Waals surface area contributed by atoms with Crippen molar-refractivity contribution in [2.75, 3.05) is 26.1 Å². The van der Waals surface area contributed by atoms with Crippen molar-refractivity contribution in [3.05, 3.63) is 46.4 Å². The van der Waals surface area contributed by atoms with E-state index in [0.717, 1.165) is 18.4 Å². The Morgan fingerprint density at radius 3 is 2.66 bits per heavy atom. The second kappa shape index (κ2) is 8.78. The number of nitrogens with zero attached hydrogens (tertiary/aromatic N) is 2. The molecule has 0 aliphatic heterocycles. The molecular formula is C21H23ClFN3O3. The number of carbonyl (C=O) groups is 1. The molecule has 1 saturated carbocycles. The van der Waals surface area contributed by atoms with Gasteiger partial charge < -0.3 is 14.8 Å². The molecule has 0 amide bonds. The number of nitrogens with one attached hydrogen (secondary N) is 1. The summed E-state index contributed by atoms with van der Waals surface area (Å²) in [6.45, 7) is 6.49. The number of benzene rings is 1. The molecule has 1 aliphatic rings. The zero-order valence-electron chi connectivity index (χ0n) is 16.6. The highest BCUT2D eigenvalue weighted by molar-refractivity contribution is 6.32. The number of halogens is 2. The highest BCUT2D eigenvalue weighted by Crippen LogP contribution is 2.35. The summed E-state index contributed by atoms with van der Waals surface area (Å²) < 4.78 is 24.9. The maximum Gasteiger partial charge on any atom is 0.357 e. The minimum absolute atomic E-state index is 0.0432. The van der Waals surface area contributed by atoms with E-state index in [4.69, 9.17) is 21.1 Å². The molecule has 1 aromatic heterocycles. The van der Waals surface area contributed by atoms with Gasteiger partial charge in [-0.3, -0.25) is 0 Å². The van der Waals surface area contributed by atoms with Gasteiger partial charge in [0.1, 0.15) is 5.82 Å². The van der Waals surface area contributed by atoms with Gasteiger partial charge in [-0.15, -0.1) is 0 Å². The second-order valence-electron chi connectivity index (χ2n) is 7.11. The molecule has 29 heavy (non-hydrogen) atoms. The van der Waals surface area contributed by atoms with Gasteiger partial charge in [0, 0.05) is 12.1 Å². The van der Waals surface area contributed by atoms with Crippen LogP contribution >= 0.6 is 11.6 Å². The number of aromatic nitrogens is 2. The molecule has 0 atom stereocenters. The quantitative estimate of drug-likeness (QED) is 0.495. The molecule has 2 aromatic rings. The SMILES string of the molecule is C=C(C)Cc1c(NCC2CC2)nc(-c2ccc(Cl)c(OC)c2F)nc1C(=O)OC. The third-order valence-corrected chi connectivity index (χ3v) is 4.91. The number of carbonyl (C=O) groups excluding carboxylic acids is 1. The summed E-state index contributed by atoms with van der Waals surface area (Å²) in [5.74, 6) is -0.344. The number of allylic oxidation sites excluding steroid dienone is 1. The Bertz CT molecular complexity index is 961. The molecule has 0 radical (unpaired) electrons. The van der Waals surface area contributed by atoms with E-state index in [1.165, 1.54) is 26.4 Å². The van der Waals surface area contributed by atoms with E-state index < -0.39 is 11.8 Å². The number of hydrogen-bond acceptors (Lipinski definition) is 6. The lowest BCUT2D eigenvalue weighted by Crippen LogP contribution is -2.16. The van der Waals surface area contributed by atoms with Crippen molar-refractivity contribution in [3.63, 3.8) is 0 Å². The van der Waals surface area contributed by atoms with Crippen LogP contribution in [-0.4, -0.2) is 36.7 Å². The lowest BCUT2D eigenvalue weighted by molar-refractivity contribution is 0.0593. The normalized spacial score (nSPS) is 13.1. The van der Waals surface area contributed by atoms with Crippen molar-refractivity contribution in [1.82, 2.24) is 9.97 Å². The largest absolute Gasteiger partial charge is 0.492 e. The highest BCUT2D eigenvalue weighted by atomic mass is 35.5. The summed E-state index contributed by atoms with van der Waals surface area (Å²) in [4.78, 5) is 21.3. The zero-order chi connectivity index (χ0) is 21.1. The van der Waals surface area contributed by atoms with E-state index in [1.54, 1.807) is 0 Å². The Balaban J connectivity index is 2.18. The van der Waals surface area contributed by atoms with Crippen molar-refractivity contribution < 1.29 is 18.7 Å². The van der Waals surface area contributed by atoms with Crippen LogP contribution < -0.4 is 10.1 Å². The van der Waals surface area contributed by atoms with Gasteiger partial charge in [0.25, 0.3) is 0 Å². The lowest BCUT2D eigenvalue weighted by atomic mass is 10.0. The number of esters is 1. The van der Waals surface area contributed by atoms with Crippen LogP contribution in [-0.2, 0) is 11.2 Å². The van der Waals surface area contributed by atoms with E-state index in [2.05, 4.69) is 21.9 Å². The van der Waals surface area contributed by atoms with Crippen LogP contribution in [0.5, 0.6) is 5.75 Å². The number of anilines is 1. The minimum Gasteiger partial charge on any atom is -0.492 e. The summed E-state index contributed by atoms with van der Waals surface area (Å²) in [6.07, 6.45) is 2.69. The first-order valence-electron chi connectivity index (χ1n) is 9.25. The molecule has 6 nitrogen and oxygen atoms in total. The first-order valence-corrected chi connectivity index (χ1v) is 9.63. The van der Waals surface area contributed by atoms with Crippen molar-refractivity contribution in [3.8, 4) is 17.1 Å². The molecule has 1 heterocycles. The summed E-state index contributed by atoms with van der Waals surface area (Å²) in [5, 5.41) is 3.42. The third kappa shape index (κ3) is 4.67. The van der Waals surface area contributed by atoms with Crippen molar-refractivity contribution >= 4 is 23.4 Å². The first-order chi connectivity index (χ1) is 13.8. The zero-order valence-corrected chi connectivity index (χ0v) is 17.4. The van der Waals surface area contributed by atoms with E-state index in [1.807, 2.05) is 6.92 Å². The lowest BCUT2D eigenvalue weighted by Gasteiger charge is -2.16. The van der Waals surface area contributed by atoms with E-state index in [-0.39, 0.29) is 27.9 Å². The van der Waals surface area contributed by atoms with Crippen LogP contribution in [0.4, 0.5) is 10.2 Å². The molecular weight excluding hydrogens is 397 g/mol. The van der Waals surface area contributed by atoms with Crippen LogP contribution in [0.2, 0.25) is 5.02 Å². The van der Waals surface area contributed by atoms with Gasteiger partial charge in [-0.25, -0.2) is 19.2 Å². The average molecular weight is 420 g/mol. The van der Waals surface area contributed by atoms with Crippen LogP contribution in [0.15, 0.2) is 24.3 Å². The van der Waals surface area contributed by atoms with Gasteiger partial charge in [-0.05, 0) is 44.2 Å². The van der Waals surface area contributed by atoms with Crippen LogP contribution in [0, 0.1) is 11.7 Å². The van der Waals surface area contributed by atoms with Gasteiger partial charge in [0.15, 0.2) is 23.1 Å². The predicted octanol–water partition coefficient (Wildman–Crippen LogP) is 4.67. The fourth-order valence-corrected chi connectivity index (χ4v) is 3.16. The molecule has 8 heteroatoms. The predicted molar refractivity (Wildman–Crippen MR) is 110 cm³/mol. The van der Waals surface area contributed by atoms with Gasteiger partial charge in [-0.1, -0.05) is 23.8 Å². The summed E-state index contributed by atoms with van der Waals surface area (Å²) in [6, 6.07) is 2.96. The standard InChI is InChI=1S/C21H23ClFN3O3/c1-11(2)9-14-17(21(27)29-4)25-20(26-19(14)24-10-12-5-6-12)13-7-8-15(22)18(28-3)16(13)23/h7-8,12H,1,5-6,9-10H2,2-4H3,(H,24,25,26). The Morgan fingerprint density at radius 1 is 1.34 bits per heavy atom. The fourth-order valence-electron chi connectivity index (χ4n) is 2.94. The van der Waals surface area contributed by atoms with Crippen LogP contribution in [0.3, 0.4) is 0 Å². The third-order valence-electron chi connectivity index (χ3n) is 4.61. The van der Waals surface area contributed by atoms with Gasteiger partial charge >= 0.3 is 5.97 Å². The Morgan fingerprint density at radius 2 is 2.07 bits per heavy atom. The Hall–Kier alpha value is -2.67. The average Bonchev–Trinajstić information content (AvgIpc) is 3.51. The molecule has 3 rings (SSSR count). The van der Waals surface area contributed by atoms with E-state index in [0.29, 0.717) is 30.3 Å². The maximum absolute atomic E-state index is 15.0. The topological polar surface area (TPSA) is 73.3 Å². The summed E-state index contributed by atoms with van der Waals surface area (Å²) >= 11 is 6.00. The molecule has 0 unspecified atom stereocenters. The number of hydrogen-bond donors (Lipinski definition) is 1. The summed E-state index contributed by atoms with van der Waals surface area (Å²) in [5.41, 5.74) is 1.57. The highest BCUT2D eigenvalue weighted by Gasteiger charge is 2.26. The maximum atomic E-state index is 15.0. The van der Waals surface area contributed by atoms with E-state index in [9.17, 15) is 9.18 Å². The molecule has 1 fully saturated rings. The molecule has 1 N–H and O–H groups in total. The van der Waals surface area contributed by atoms with E-state index >= 15 is 0 Å². The van der Waals surface area contributed by atoms with Crippen LogP contribution in [0.1, 0.15) is 35.8 Å². The monoisotopic (exact) mass is 419 g/mol. The van der Waals surface area contributed by atoms with Gasteiger partial charge in [0.05, 0.1) is 24.8 Å². The molecule has 0 saturated heterocycles. The molecule has 154 valence electrons. The molecule has 0 spiro atoms. The molecule has 1 aromatic carbocycles. The van der Waals surface area contributed by atoms with Crippen molar-refractivity contribution in [2.45, 2.75) is 26.2 Å². The second-order valence-corrected chi connectivity index (χ2v) is 7.52. The smallest absolute Gasteiger partial charge is 0.357 e. The number of ether oxygens (including phenoxy) is 2. The first kappa shape index (κ1) is 21.0. The Labute approximate surface area is 174 Å². The fraction of sp³-hybridized carbons (Fsp3) is 0.381. The van der Waals surface area contributed by atoms with Gasteiger partial charge in [0.2, 0.25) is 0 Å². The van der Waals surface area contributed by atoms with Crippen LogP contribution in [0.25, 0.3) is 11.4 Å². The molecule has 1 aliphatic carbocycles. The Kier molecular flexibility index (Phi) is 6.37. The number of methoxy groups -OCH3 is 2. The van der Waals surface area contributed by atoms with Gasteiger partial charge in [-0.2, -0.15) is 0 Å². The number of rotatable bonds is 8. The van der Waals surface area contributed by atoms with Crippen molar-refractivity contribution in [2.24, 2.45) is 5.92 Å². The minimum atomic E-state index is -0.698.